The maximum Gasteiger partial charge on any atom is 0.313 e. The first kappa shape index (κ1) is 10.1. The van der Waals surface area contributed by atoms with E-state index in [4.69, 9.17) is 11.6 Å². The topological polar surface area (TPSA) is 60.4 Å². The van der Waals surface area contributed by atoms with E-state index in [1.165, 1.54) is 0 Å². The van der Waals surface area contributed by atoms with Gasteiger partial charge in [-0.2, -0.15) is 0 Å². The number of halogens is 1. The minimum absolute atomic E-state index is 0.104. The largest absolute Gasteiger partial charge is 0.393 e. The van der Waals surface area contributed by atoms with Crippen molar-refractivity contribution in [2.24, 2.45) is 0 Å². The van der Waals surface area contributed by atoms with Crippen molar-refractivity contribution in [2.75, 3.05) is 0 Å². The summed E-state index contributed by atoms with van der Waals surface area (Å²) < 4.78 is 4.11. The molecule has 0 saturated heterocycles. The van der Waals surface area contributed by atoms with E-state index in [1.807, 2.05) is 0 Å². The van der Waals surface area contributed by atoms with Crippen LogP contribution in [0.2, 0.25) is 0 Å². The van der Waals surface area contributed by atoms with E-state index in [0.717, 1.165) is 6.92 Å². The lowest BCUT2D eigenvalue weighted by Crippen LogP contribution is -2.09. The normalized spacial score (nSPS) is 8.91. The van der Waals surface area contributed by atoms with Crippen LogP contribution >= 0.6 is 11.6 Å². The van der Waals surface area contributed by atoms with Crippen LogP contribution in [0.5, 0.6) is 0 Å². The molecule has 5 heteroatoms. The minimum atomic E-state index is -0.730. The monoisotopic (exact) mass is 178 g/mol. The number of carbonyl (C=O) groups is 3. The fourth-order valence-electron chi connectivity index (χ4n) is 0.412. The van der Waals surface area contributed by atoms with Gasteiger partial charge in [0, 0.05) is 13.3 Å². The lowest BCUT2D eigenvalue weighted by Gasteiger charge is -1.95. The van der Waals surface area contributed by atoms with Gasteiger partial charge in [0.15, 0.2) is 0 Å². The summed E-state index contributed by atoms with van der Waals surface area (Å²) in [6.45, 7) is 1.11. The molecule has 0 rings (SSSR count). The minimum Gasteiger partial charge on any atom is -0.393 e. The Bertz CT molecular complexity index is 187. The highest BCUT2D eigenvalue weighted by Crippen LogP contribution is 1.96. The molecule has 0 amide bonds. The second kappa shape index (κ2) is 4.85. The molecule has 0 bridgehead atoms. The van der Waals surface area contributed by atoms with Crippen molar-refractivity contribution < 1.29 is 19.1 Å². The standard InChI is InChI=1S/C6H7ClO4/c1-4(8)11-6(10)3-2-5(7)9/h2-3H2,1H3. The maximum atomic E-state index is 10.5. The van der Waals surface area contributed by atoms with Crippen LogP contribution in [0.4, 0.5) is 0 Å². The van der Waals surface area contributed by atoms with Crippen LogP contribution in [0, 0.1) is 0 Å². The number of ether oxygens (including phenoxy) is 1. The molecule has 62 valence electrons. The van der Waals surface area contributed by atoms with Gasteiger partial charge in [0.25, 0.3) is 0 Å². The smallest absolute Gasteiger partial charge is 0.313 e. The van der Waals surface area contributed by atoms with Gasteiger partial charge in [-0.3, -0.25) is 14.4 Å². The van der Waals surface area contributed by atoms with Crippen molar-refractivity contribution in [3.63, 3.8) is 0 Å². The van der Waals surface area contributed by atoms with Crippen molar-refractivity contribution in [3.05, 3.63) is 0 Å². The van der Waals surface area contributed by atoms with Crippen LogP contribution in [0.15, 0.2) is 0 Å². The molecule has 0 N–H and O–H groups in total. The molecule has 0 fully saturated rings. The molecule has 0 aliphatic carbocycles. The Morgan fingerprint density at radius 3 is 2.18 bits per heavy atom. The predicted molar refractivity (Wildman–Crippen MR) is 36.9 cm³/mol. The van der Waals surface area contributed by atoms with Crippen LogP contribution in [-0.2, 0) is 19.1 Å². The summed E-state index contributed by atoms with van der Waals surface area (Å²) in [5.41, 5.74) is 0. The molecule has 0 aliphatic rings. The SMILES string of the molecule is CC(=O)OC(=O)CCC(=O)Cl. The number of carbonyl (C=O) groups excluding carboxylic acids is 3. The first-order valence-electron chi connectivity index (χ1n) is 2.92. The number of hydrogen-bond donors (Lipinski definition) is 0. The van der Waals surface area contributed by atoms with Gasteiger partial charge in [0.05, 0.1) is 6.42 Å². The average Bonchev–Trinajstić information content (AvgIpc) is 1.82. The van der Waals surface area contributed by atoms with Crippen molar-refractivity contribution in [1.29, 1.82) is 0 Å². The Hall–Kier alpha value is -0.900. The maximum absolute atomic E-state index is 10.5. The van der Waals surface area contributed by atoms with E-state index < -0.39 is 17.2 Å². The van der Waals surface area contributed by atoms with Crippen LogP contribution in [0.25, 0.3) is 0 Å². The molecule has 4 nitrogen and oxygen atoms in total. The molecule has 0 aliphatic heterocycles. The van der Waals surface area contributed by atoms with E-state index in [9.17, 15) is 14.4 Å². The van der Waals surface area contributed by atoms with Crippen LogP contribution < -0.4 is 0 Å². The molecule has 0 aromatic carbocycles. The quantitative estimate of drug-likeness (QED) is 0.361. The summed E-state index contributed by atoms with van der Waals surface area (Å²) in [4.78, 5) is 30.7. The molecule has 0 heterocycles. The average molecular weight is 179 g/mol. The highest BCUT2D eigenvalue weighted by Gasteiger charge is 2.07. The highest BCUT2D eigenvalue weighted by molar-refractivity contribution is 6.63. The Balaban J connectivity index is 3.53. The Labute approximate surface area is 68.5 Å². The summed E-state index contributed by atoms with van der Waals surface area (Å²) >= 11 is 4.93. The van der Waals surface area contributed by atoms with Gasteiger partial charge >= 0.3 is 11.9 Å². The van der Waals surface area contributed by atoms with E-state index in [-0.39, 0.29) is 12.8 Å². The van der Waals surface area contributed by atoms with Crippen LogP contribution in [-0.4, -0.2) is 17.2 Å². The second-order valence-electron chi connectivity index (χ2n) is 1.82. The Morgan fingerprint density at radius 2 is 1.82 bits per heavy atom. The zero-order valence-electron chi connectivity index (χ0n) is 5.93. The van der Waals surface area contributed by atoms with E-state index >= 15 is 0 Å². The number of hydrogen-bond acceptors (Lipinski definition) is 4. The molecule has 11 heavy (non-hydrogen) atoms. The summed E-state index contributed by atoms with van der Waals surface area (Å²) in [6, 6.07) is 0. The third-order valence-corrected chi connectivity index (χ3v) is 0.972. The van der Waals surface area contributed by atoms with E-state index in [1.54, 1.807) is 0 Å². The van der Waals surface area contributed by atoms with E-state index in [0.29, 0.717) is 0 Å². The van der Waals surface area contributed by atoms with Gasteiger partial charge in [0.1, 0.15) is 0 Å². The van der Waals surface area contributed by atoms with Gasteiger partial charge in [-0.15, -0.1) is 0 Å². The van der Waals surface area contributed by atoms with Gasteiger partial charge < -0.3 is 4.74 Å². The lowest BCUT2D eigenvalue weighted by molar-refractivity contribution is -0.158. The number of esters is 2. The Morgan fingerprint density at radius 1 is 1.27 bits per heavy atom. The lowest BCUT2D eigenvalue weighted by atomic mass is 10.3. The first-order chi connectivity index (χ1) is 5.02. The third-order valence-electron chi connectivity index (χ3n) is 0.783. The predicted octanol–water partition coefficient (Wildman–Crippen LogP) is 0.622. The summed E-state index contributed by atoms with van der Waals surface area (Å²) in [5, 5.41) is -0.620. The molecule has 0 radical (unpaired) electrons. The molecular weight excluding hydrogens is 172 g/mol. The van der Waals surface area contributed by atoms with Gasteiger partial charge in [-0.25, -0.2) is 0 Å². The molecule has 0 atom stereocenters. The highest BCUT2D eigenvalue weighted by atomic mass is 35.5. The first-order valence-corrected chi connectivity index (χ1v) is 3.29. The van der Waals surface area contributed by atoms with Crippen molar-refractivity contribution in [1.82, 2.24) is 0 Å². The van der Waals surface area contributed by atoms with Crippen molar-refractivity contribution in [2.45, 2.75) is 19.8 Å². The van der Waals surface area contributed by atoms with Crippen LogP contribution in [0.1, 0.15) is 19.8 Å². The van der Waals surface area contributed by atoms with Crippen molar-refractivity contribution in [3.8, 4) is 0 Å². The second-order valence-corrected chi connectivity index (χ2v) is 2.24. The number of rotatable bonds is 3. The molecule has 0 aromatic rings. The Kier molecular flexibility index (Phi) is 4.45. The zero-order chi connectivity index (χ0) is 8.85. The van der Waals surface area contributed by atoms with Gasteiger partial charge in [0.2, 0.25) is 5.24 Å². The van der Waals surface area contributed by atoms with Gasteiger partial charge in [-0.1, -0.05) is 0 Å². The molecule has 0 spiro atoms. The molecule has 0 unspecified atom stereocenters. The molecule has 0 saturated carbocycles. The van der Waals surface area contributed by atoms with Gasteiger partial charge in [-0.05, 0) is 11.6 Å². The summed E-state index contributed by atoms with van der Waals surface area (Å²) in [6.07, 6.45) is -0.254. The third kappa shape index (κ3) is 6.99. The van der Waals surface area contributed by atoms with E-state index in [2.05, 4.69) is 4.74 Å². The zero-order valence-corrected chi connectivity index (χ0v) is 6.68. The van der Waals surface area contributed by atoms with Crippen molar-refractivity contribution >= 4 is 28.8 Å². The summed E-state index contributed by atoms with van der Waals surface area (Å²) in [7, 11) is 0. The fraction of sp³-hybridized carbons (Fsp3) is 0.500. The molecule has 0 aromatic heterocycles. The molecular formula is C6H7ClO4. The van der Waals surface area contributed by atoms with Crippen LogP contribution in [0.3, 0.4) is 0 Å². The fourth-order valence-corrected chi connectivity index (χ4v) is 0.506. The summed E-state index contributed by atoms with van der Waals surface area (Å²) in [5.74, 6) is -1.41.